The van der Waals surface area contributed by atoms with Crippen molar-refractivity contribution in [3.05, 3.63) is 64.8 Å². The van der Waals surface area contributed by atoms with Crippen LogP contribution in [0, 0.1) is 0 Å². The molecule has 2 N–H and O–H groups in total. The first-order chi connectivity index (χ1) is 12.0. The number of rotatable bonds is 5. The maximum atomic E-state index is 6.18. The molecule has 0 amide bonds. The number of aromatic nitrogens is 2. The van der Waals surface area contributed by atoms with Crippen molar-refractivity contribution in [2.45, 2.75) is 0 Å². The molecule has 0 fully saturated rings. The van der Waals surface area contributed by atoms with Crippen molar-refractivity contribution in [1.82, 2.24) is 9.97 Å². The molecular formula is C18H17Cl2N5. The standard InChI is InChI=1S/C18H17Cl2N5/c1-25(2)13-8-6-12(7-9-13)22-16-10-11-21-18(24-16)23-15-5-3-4-14(19)17(15)20/h3-11H,1-2H3,(H2,21,22,23,24). The minimum atomic E-state index is 0.430. The Morgan fingerprint density at radius 2 is 1.68 bits per heavy atom. The van der Waals surface area contributed by atoms with Crippen molar-refractivity contribution in [3.8, 4) is 0 Å². The molecule has 128 valence electrons. The van der Waals surface area contributed by atoms with Crippen LogP contribution in [-0.4, -0.2) is 24.1 Å². The summed E-state index contributed by atoms with van der Waals surface area (Å²) in [4.78, 5) is 10.7. The van der Waals surface area contributed by atoms with Gasteiger partial charge in [0.15, 0.2) is 0 Å². The van der Waals surface area contributed by atoms with Gasteiger partial charge in [0.2, 0.25) is 5.95 Å². The number of hydrogen-bond acceptors (Lipinski definition) is 5. The average Bonchev–Trinajstić information content (AvgIpc) is 2.60. The third-order valence-electron chi connectivity index (χ3n) is 3.51. The first kappa shape index (κ1) is 17.3. The molecule has 1 aromatic heterocycles. The van der Waals surface area contributed by atoms with E-state index in [1.54, 1.807) is 18.3 Å². The van der Waals surface area contributed by atoms with Crippen molar-refractivity contribution in [2.24, 2.45) is 0 Å². The molecule has 0 radical (unpaired) electrons. The topological polar surface area (TPSA) is 53.1 Å². The molecule has 0 unspecified atom stereocenters. The summed E-state index contributed by atoms with van der Waals surface area (Å²) >= 11 is 12.2. The van der Waals surface area contributed by atoms with Gasteiger partial charge in [-0.15, -0.1) is 0 Å². The summed E-state index contributed by atoms with van der Waals surface area (Å²) in [5.41, 5.74) is 2.73. The van der Waals surface area contributed by atoms with Gasteiger partial charge >= 0.3 is 0 Å². The molecule has 1 heterocycles. The highest BCUT2D eigenvalue weighted by Crippen LogP contribution is 2.31. The molecule has 5 nitrogen and oxygen atoms in total. The van der Waals surface area contributed by atoms with Crippen LogP contribution >= 0.6 is 23.2 Å². The minimum Gasteiger partial charge on any atom is -0.378 e. The van der Waals surface area contributed by atoms with Gasteiger partial charge in [0.05, 0.1) is 15.7 Å². The summed E-state index contributed by atoms with van der Waals surface area (Å²) in [7, 11) is 4.01. The maximum Gasteiger partial charge on any atom is 0.229 e. The maximum absolute atomic E-state index is 6.18. The first-order valence-corrected chi connectivity index (χ1v) is 8.37. The predicted octanol–water partition coefficient (Wildman–Crippen LogP) is 5.34. The lowest BCUT2D eigenvalue weighted by molar-refractivity contribution is 1.13. The normalized spacial score (nSPS) is 10.4. The van der Waals surface area contributed by atoms with Gasteiger partial charge in [-0.1, -0.05) is 29.3 Å². The second kappa shape index (κ2) is 7.59. The Labute approximate surface area is 156 Å². The Kier molecular flexibility index (Phi) is 5.26. The van der Waals surface area contributed by atoms with E-state index in [1.807, 2.05) is 55.4 Å². The molecule has 0 aliphatic rings. The molecule has 0 aliphatic heterocycles. The summed E-state index contributed by atoms with van der Waals surface area (Å²) in [6.45, 7) is 0. The molecule has 3 aromatic rings. The Bertz CT molecular complexity index is 866. The van der Waals surface area contributed by atoms with Crippen LogP contribution in [-0.2, 0) is 0 Å². The van der Waals surface area contributed by atoms with Gasteiger partial charge in [0, 0.05) is 31.7 Å². The molecule has 0 bridgehead atoms. The SMILES string of the molecule is CN(C)c1ccc(Nc2ccnc(Nc3cccc(Cl)c3Cl)n2)cc1. The molecular weight excluding hydrogens is 357 g/mol. The van der Waals surface area contributed by atoms with Gasteiger partial charge in [0.1, 0.15) is 5.82 Å². The molecule has 3 rings (SSSR count). The molecule has 0 saturated heterocycles. The number of nitrogens with one attached hydrogen (secondary N) is 2. The highest BCUT2D eigenvalue weighted by atomic mass is 35.5. The highest BCUT2D eigenvalue weighted by Gasteiger charge is 2.07. The van der Waals surface area contributed by atoms with Gasteiger partial charge in [-0.2, -0.15) is 4.98 Å². The second-order valence-corrected chi connectivity index (χ2v) is 6.34. The Morgan fingerprint density at radius 1 is 0.920 bits per heavy atom. The van der Waals surface area contributed by atoms with Crippen LogP contribution in [0.25, 0.3) is 0 Å². The zero-order valence-corrected chi connectivity index (χ0v) is 15.3. The molecule has 0 aliphatic carbocycles. The molecule has 0 spiro atoms. The molecule has 0 saturated carbocycles. The van der Waals surface area contributed by atoms with E-state index in [-0.39, 0.29) is 0 Å². The van der Waals surface area contributed by atoms with Crippen molar-refractivity contribution < 1.29 is 0 Å². The third-order valence-corrected chi connectivity index (χ3v) is 4.33. The van der Waals surface area contributed by atoms with Crippen LogP contribution in [0.5, 0.6) is 0 Å². The van der Waals surface area contributed by atoms with Gasteiger partial charge in [-0.25, -0.2) is 4.98 Å². The van der Waals surface area contributed by atoms with Crippen LogP contribution < -0.4 is 15.5 Å². The number of halogens is 2. The molecule has 7 heteroatoms. The first-order valence-electron chi connectivity index (χ1n) is 7.61. The van der Waals surface area contributed by atoms with E-state index in [9.17, 15) is 0 Å². The van der Waals surface area contributed by atoms with Gasteiger partial charge < -0.3 is 15.5 Å². The zero-order valence-electron chi connectivity index (χ0n) is 13.8. The van der Waals surface area contributed by atoms with Crippen molar-refractivity contribution in [3.63, 3.8) is 0 Å². The van der Waals surface area contributed by atoms with Gasteiger partial charge in [-0.3, -0.25) is 0 Å². The zero-order chi connectivity index (χ0) is 17.8. The van der Waals surface area contributed by atoms with Gasteiger partial charge in [-0.05, 0) is 42.5 Å². The average molecular weight is 374 g/mol. The largest absolute Gasteiger partial charge is 0.378 e. The lowest BCUT2D eigenvalue weighted by Crippen LogP contribution is -2.08. The molecule has 25 heavy (non-hydrogen) atoms. The highest BCUT2D eigenvalue weighted by molar-refractivity contribution is 6.43. The number of benzene rings is 2. The lowest BCUT2D eigenvalue weighted by Gasteiger charge is -2.13. The number of nitrogens with zero attached hydrogens (tertiary/aromatic N) is 3. The van der Waals surface area contributed by atoms with Crippen molar-refractivity contribution in [1.29, 1.82) is 0 Å². The Morgan fingerprint density at radius 3 is 2.40 bits per heavy atom. The van der Waals surface area contributed by atoms with E-state index in [2.05, 4.69) is 20.6 Å². The van der Waals surface area contributed by atoms with Crippen molar-refractivity contribution in [2.75, 3.05) is 29.6 Å². The van der Waals surface area contributed by atoms with Crippen LogP contribution in [0.15, 0.2) is 54.7 Å². The van der Waals surface area contributed by atoms with E-state index in [0.717, 1.165) is 11.4 Å². The number of anilines is 5. The second-order valence-electron chi connectivity index (χ2n) is 5.56. The minimum absolute atomic E-state index is 0.430. The number of hydrogen-bond donors (Lipinski definition) is 2. The van der Waals surface area contributed by atoms with Crippen LogP contribution in [0.1, 0.15) is 0 Å². The summed E-state index contributed by atoms with van der Waals surface area (Å²) in [6, 6.07) is 15.2. The van der Waals surface area contributed by atoms with Crippen LogP contribution in [0.4, 0.5) is 28.8 Å². The predicted molar refractivity (Wildman–Crippen MR) is 106 cm³/mol. The smallest absolute Gasteiger partial charge is 0.229 e. The van der Waals surface area contributed by atoms with Crippen LogP contribution in [0.2, 0.25) is 10.0 Å². The van der Waals surface area contributed by atoms with E-state index >= 15 is 0 Å². The lowest BCUT2D eigenvalue weighted by atomic mass is 10.2. The van der Waals surface area contributed by atoms with E-state index in [0.29, 0.717) is 27.5 Å². The van der Waals surface area contributed by atoms with Gasteiger partial charge in [0.25, 0.3) is 0 Å². The van der Waals surface area contributed by atoms with Crippen molar-refractivity contribution >= 4 is 52.0 Å². The molecule has 2 aromatic carbocycles. The van der Waals surface area contributed by atoms with Crippen LogP contribution in [0.3, 0.4) is 0 Å². The molecule has 0 atom stereocenters. The Hall–Kier alpha value is -2.50. The quantitative estimate of drug-likeness (QED) is 0.632. The van der Waals surface area contributed by atoms with E-state index < -0.39 is 0 Å². The third kappa shape index (κ3) is 4.32. The monoisotopic (exact) mass is 373 g/mol. The fourth-order valence-electron chi connectivity index (χ4n) is 2.20. The Balaban J connectivity index is 1.76. The fourth-order valence-corrected chi connectivity index (χ4v) is 2.55. The van der Waals surface area contributed by atoms with E-state index in [1.165, 1.54) is 0 Å². The summed E-state index contributed by atoms with van der Waals surface area (Å²) in [5, 5.41) is 7.24. The fraction of sp³-hybridized carbons (Fsp3) is 0.111. The summed E-state index contributed by atoms with van der Waals surface area (Å²) in [6.07, 6.45) is 1.67. The van der Waals surface area contributed by atoms with E-state index in [4.69, 9.17) is 23.2 Å². The summed E-state index contributed by atoms with van der Waals surface area (Å²) < 4.78 is 0. The summed E-state index contributed by atoms with van der Waals surface area (Å²) in [5.74, 6) is 1.10.